The Morgan fingerprint density at radius 3 is 3.00 bits per heavy atom. The summed E-state index contributed by atoms with van der Waals surface area (Å²) >= 11 is 0. The highest BCUT2D eigenvalue weighted by atomic mass is 16.5. The van der Waals surface area contributed by atoms with Crippen LogP contribution in [0.25, 0.3) is 0 Å². The van der Waals surface area contributed by atoms with E-state index in [0.717, 1.165) is 25.9 Å². The zero-order chi connectivity index (χ0) is 10.6. The van der Waals surface area contributed by atoms with E-state index in [-0.39, 0.29) is 17.6 Å². The third-order valence-corrected chi connectivity index (χ3v) is 2.68. The van der Waals surface area contributed by atoms with Gasteiger partial charge >= 0.3 is 0 Å². The van der Waals surface area contributed by atoms with Gasteiger partial charge in [-0.25, -0.2) is 0 Å². The van der Waals surface area contributed by atoms with Gasteiger partial charge in [-0.15, -0.1) is 0 Å². The monoisotopic (exact) mass is 199 g/mol. The lowest BCUT2D eigenvalue weighted by Gasteiger charge is -2.29. The van der Waals surface area contributed by atoms with Crippen LogP contribution in [0.2, 0.25) is 0 Å². The summed E-state index contributed by atoms with van der Waals surface area (Å²) in [4.78, 5) is 11.3. The lowest BCUT2D eigenvalue weighted by atomic mass is 9.94. The molecular formula is C11H21NO2. The number of carbonyl (C=O) groups excluding carboxylic acids is 1. The summed E-state index contributed by atoms with van der Waals surface area (Å²) in [6.45, 7) is 7.04. The van der Waals surface area contributed by atoms with Crippen molar-refractivity contribution in [2.45, 2.75) is 58.1 Å². The summed E-state index contributed by atoms with van der Waals surface area (Å²) in [6.07, 6.45) is 3.37. The van der Waals surface area contributed by atoms with Crippen molar-refractivity contribution in [3.63, 3.8) is 0 Å². The highest BCUT2D eigenvalue weighted by Crippen LogP contribution is 2.26. The SMILES string of the molecule is CCCOC1(C)CCC(=O)NC(C)C1. The fraction of sp³-hybridized carbons (Fsp3) is 0.909. The fourth-order valence-electron chi connectivity index (χ4n) is 2.01. The van der Waals surface area contributed by atoms with Crippen LogP contribution in [0.1, 0.15) is 46.5 Å². The number of carbonyl (C=O) groups is 1. The molecule has 82 valence electrons. The van der Waals surface area contributed by atoms with Gasteiger partial charge in [-0.2, -0.15) is 0 Å². The Bertz CT molecular complexity index is 205. The van der Waals surface area contributed by atoms with Gasteiger partial charge in [0.2, 0.25) is 5.91 Å². The molecule has 1 aliphatic rings. The van der Waals surface area contributed by atoms with Gasteiger partial charge in [-0.05, 0) is 33.1 Å². The maximum Gasteiger partial charge on any atom is 0.220 e. The third-order valence-electron chi connectivity index (χ3n) is 2.68. The van der Waals surface area contributed by atoms with Crippen molar-refractivity contribution < 1.29 is 9.53 Å². The highest BCUT2D eigenvalue weighted by Gasteiger charge is 2.31. The largest absolute Gasteiger partial charge is 0.375 e. The van der Waals surface area contributed by atoms with E-state index in [1.165, 1.54) is 0 Å². The van der Waals surface area contributed by atoms with Crippen molar-refractivity contribution in [1.82, 2.24) is 5.32 Å². The number of ether oxygens (including phenoxy) is 1. The minimum absolute atomic E-state index is 0.116. The molecule has 1 saturated heterocycles. The van der Waals surface area contributed by atoms with Crippen molar-refractivity contribution in [3.8, 4) is 0 Å². The van der Waals surface area contributed by atoms with E-state index in [1.54, 1.807) is 0 Å². The van der Waals surface area contributed by atoms with E-state index >= 15 is 0 Å². The molecule has 0 aromatic rings. The first-order valence-electron chi connectivity index (χ1n) is 5.49. The predicted molar refractivity (Wildman–Crippen MR) is 56.1 cm³/mol. The molecule has 1 fully saturated rings. The molecule has 1 N–H and O–H groups in total. The summed E-state index contributed by atoms with van der Waals surface area (Å²) in [5.41, 5.74) is -0.116. The van der Waals surface area contributed by atoms with Crippen LogP contribution in [0.3, 0.4) is 0 Å². The zero-order valence-electron chi connectivity index (χ0n) is 9.43. The summed E-state index contributed by atoms with van der Waals surface area (Å²) in [5.74, 6) is 0.154. The van der Waals surface area contributed by atoms with Gasteiger partial charge in [0.05, 0.1) is 5.60 Å². The van der Waals surface area contributed by atoms with E-state index < -0.39 is 0 Å². The van der Waals surface area contributed by atoms with Crippen LogP contribution in [-0.4, -0.2) is 24.2 Å². The van der Waals surface area contributed by atoms with Gasteiger partial charge in [-0.1, -0.05) is 6.92 Å². The van der Waals surface area contributed by atoms with Crippen LogP contribution >= 0.6 is 0 Å². The first-order chi connectivity index (χ1) is 6.56. The molecule has 0 bridgehead atoms. The molecule has 0 saturated carbocycles. The molecule has 0 aromatic carbocycles. The molecule has 1 rings (SSSR count). The minimum atomic E-state index is -0.116. The molecule has 1 aliphatic heterocycles. The Labute approximate surface area is 86.2 Å². The molecule has 1 heterocycles. The maximum absolute atomic E-state index is 11.3. The van der Waals surface area contributed by atoms with Gasteiger partial charge in [0.1, 0.15) is 0 Å². The molecule has 0 radical (unpaired) electrons. The fourth-order valence-corrected chi connectivity index (χ4v) is 2.01. The molecule has 0 spiro atoms. The second kappa shape index (κ2) is 4.78. The molecule has 3 nitrogen and oxygen atoms in total. The lowest BCUT2D eigenvalue weighted by Crippen LogP contribution is -2.35. The van der Waals surface area contributed by atoms with Crippen LogP contribution in [0.5, 0.6) is 0 Å². The Morgan fingerprint density at radius 1 is 1.64 bits per heavy atom. The summed E-state index contributed by atoms with van der Waals surface area (Å²) in [5, 5.41) is 2.95. The van der Waals surface area contributed by atoms with Crippen LogP contribution < -0.4 is 5.32 Å². The number of nitrogens with one attached hydrogen (secondary N) is 1. The quantitative estimate of drug-likeness (QED) is 0.753. The Kier molecular flexibility index (Phi) is 3.93. The molecule has 0 aromatic heterocycles. The second-order valence-electron chi connectivity index (χ2n) is 4.47. The summed E-state index contributed by atoms with van der Waals surface area (Å²) in [7, 11) is 0. The first kappa shape index (κ1) is 11.5. The topological polar surface area (TPSA) is 38.3 Å². The third kappa shape index (κ3) is 3.29. The van der Waals surface area contributed by atoms with Gasteiger partial charge in [0.25, 0.3) is 0 Å². The van der Waals surface area contributed by atoms with Gasteiger partial charge < -0.3 is 10.1 Å². The predicted octanol–water partition coefficient (Wildman–Crippen LogP) is 1.86. The molecular weight excluding hydrogens is 178 g/mol. The van der Waals surface area contributed by atoms with Crippen molar-refractivity contribution in [2.24, 2.45) is 0 Å². The second-order valence-corrected chi connectivity index (χ2v) is 4.47. The standard InChI is InChI=1S/C11H21NO2/c1-4-7-14-11(3)6-5-10(13)12-9(2)8-11/h9H,4-8H2,1-3H3,(H,12,13). The minimum Gasteiger partial charge on any atom is -0.375 e. The van der Waals surface area contributed by atoms with Gasteiger partial charge in [-0.3, -0.25) is 4.79 Å². The molecule has 14 heavy (non-hydrogen) atoms. The van der Waals surface area contributed by atoms with Crippen molar-refractivity contribution in [1.29, 1.82) is 0 Å². The van der Waals surface area contributed by atoms with Crippen molar-refractivity contribution in [3.05, 3.63) is 0 Å². The smallest absolute Gasteiger partial charge is 0.220 e. The van der Waals surface area contributed by atoms with Crippen molar-refractivity contribution >= 4 is 5.91 Å². The number of hydrogen-bond acceptors (Lipinski definition) is 2. The number of rotatable bonds is 3. The molecule has 2 unspecified atom stereocenters. The van der Waals surface area contributed by atoms with Crippen LogP contribution in [0.15, 0.2) is 0 Å². The van der Waals surface area contributed by atoms with E-state index in [4.69, 9.17) is 4.74 Å². The molecule has 1 amide bonds. The van der Waals surface area contributed by atoms with E-state index in [9.17, 15) is 4.79 Å². The lowest BCUT2D eigenvalue weighted by molar-refractivity contribution is -0.121. The normalized spacial score (nSPS) is 33.6. The number of hydrogen-bond donors (Lipinski definition) is 1. The molecule has 0 aliphatic carbocycles. The van der Waals surface area contributed by atoms with Gasteiger partial charge in [0.15, 0.2) is 0 Å². The van der Waals surface area contributed by atoms with Crippen LogP contribution in [-0.2, 0) is 9.53 Å². The number of amides is 1. The molecule has 3 heteroatoms. The average Bonchev–Trinajstić information content (AvgIpc) is 2.23. The van der Waals surface area contributed by atoms with Crippen LogP contribution in [0, 0.1) is 0 Å². The molecule has 2 atom stereocenters. The Balaban J connectivity index is 2.54. The van der Waals surface area contributed by atoms with E-state index in [2.05, 4.69) is 19.2 Å². The van der Waals surface area contributed by atoms with Gasteiger partial charge in [0, 0.05) is 19.1 Å². The zero-order valence-corrected chi connectivity index (χ0v) is 9.43. The summed E-state index contributed by atoms with van der Waals surface area (Å²) < 4.78 is 5.83. The Hall–Kier alpha value is -0.570. The summed E-state index contributed by atoms with van der Waals surface area (Å²) in [6, 6.07) is 0.229. The van der Waals surface area contributed by atoms with E-state index in [1.807, 2.05) is 6.92 Å². The first-order valence-corrected chi connectivity index (χ1v) is 5.49. The maximum atomic E-state index is 11.3. The van der Waals surface area contributed by atoms with E-state index in [0.29, 0.717) is 6.42 Å². The highest BCUT2D eigenvalue weighted by molar-refractivity contribution is 5.76. The Morgan fingerprint density at radius 2 is 2.36 bits per heavy atom. The average molecular weight is 199 g/mol. The van der Waals surface area contributed by atoms with Crippen molar-refractivity contribution in [2.75, 3.05) is 6.61 Å². The van der Waals surface area contributed by atoms with Crippen LogP contribution in [0.4, 0.5) is 0 Å².